The average Bonchev–Trinajstić information content (AvgIpc) is 2.64. The number of thioether (sulfide) groups is 1. The lowest BCUT2D eigenvalue weighted by atomic mass is 10.1. The summed E-state index contributed by atoms with van der Waals surface area (Å²) in [4.78, 5) is 24.5. The maximum atomic E-state index is 12.3. The Labute approximate surface area is 167 Å². The summed E-state index contributed by atoms with van der Waals surface area (Å²) in [5.41, 5.74) is 2.22. The molecule has 0 radical (unpaired) electrons. The highest BCUT2D eigenvalue weighted by atomic mass is 79.9. The summed E-state index contributed by atoms with van der Waals surface area (Å²) >= 11 is 4.95. The fourth-order valence-electron chi connectivity index (χ4n) is 2.29. The lowest BCUT2D eigenvalue weighted by molar-refractivity contribution is -0.113. The molecule has 2 N–H and O–H groups in total. The molecule has 0 aromatic heterocycles. The highest BCUT2D eigenvalue weighted by Crippen LogP contribution is 2.18. The maximum Gasteiger partial charge on any atom is 0.253 e. The zero-order chi connectivity index (χ0) is 18.8. The van der Waals surface area contributed by atoms with Crippen molar-refractivity contribution < 1.29 is 9.59 Å². The van der Waals surface area contributed by atoms with Crippen molar-refractivity contribution in [3.63, 3.8) is 0 Å². The fraction of sp³-hybridized carbons (Fsp3) is 0.300. The molecule has 0 aliphatic rings. The van der Waals surface area contributed by atoms with E-state index in [1.54, 1.807) is 30.0 Å². The first-order valence-corrected chi connectivity index (χ1v) is 10.5. The Morgan fingerprint density at radius 2 is 1.81 bits per heavy atom. The normalized spacial score (nSPS) is 10.4. The molecule has 4 nitrogen and oxygen atoms in total. The van der Waals surface area contributed by atoms with Crippen LogP contribution in [-0.4, -0.2) is 24.1 Å². The van der Waals surface area contributed by atoms with E-state index in [9.17, 15) is 9.59 Å². The number of nitrogens with one attached hydrogen (secondary N) is 2. The average molecular weight is 435 g/mol. The molecule has 26 heavy (non-hydrogen) atoms. The molecule has 0 spiro atoms. The highest BCUT2D eigenvalue weighted by Gasteiger charge is 2.12. The molecule has 0 aliphatic heterocycles. The number of carbonyl (C=O) groups excluding carboxylic acids is 2. The van der Waals surface area contributed by atoms with Crippen LogP contribution < -0.4 is 10.6 Å². The molecule has 6 heteroatoms. The van der Waals surface area contributed by atoms with Crippen LogP contribution in [0.4, 0.5) is 5.69 Å². The van der Waals surface area contributed by atoms with Crippen LogP contribution in [0.3, 0.4) is 0 Å². The van der Waals surface area contributed by atoms with Gasteiger partial charge >= 0.3 is 0 Å². The smallest absolute Gasteiger partial charge is 0.253 e. The SMILES string of the molecule is CCCCNC(=O)c1ccccc1NC(=O)CSCc1ccc(Br)cc1. The minimum absolute atomic E-state index is 0.110. The maximum absolute atomic E-state index is 12.3. The monoisotopic (exact) mass is 434 g/mol. The molecule has 0 fully saturated rings. The van der Waals surface area contributed by atoms with Crippen molar-refractivity contribution in [3.05, 3.63) is 64.1 Å². The second-order valence-electron chi connectivity index (χ2n) is 5.82. The van der Waals surface area contributed by atoms with E-state index in [1.807, 2.05) is 30.3 Å². The van der Waals surface area contributed by atoms with Crippen LogP contribution in [0.5, 0.6) is 0 Å². The van der Waals surface area contributed by atoms with Crippen LogP contribution in [0.25, 0.3) is 0 Å². The third-order valence-corrected chi connectivity index (χ3v) is 5.21. The lowest BCUT2D eigenvalue weighted by Crippen LogP contribution is -2.26. The minimum Gasteiger partial charge on any atom is -0.352 e. The molecule has 0 unspecified atom stereocenters. The van der Waals surface area contributed by atoms with Crippen LogP contribution >= 0.6 is 27.7 Å². The number of hydrogen-bond donors (Lipinski definition) is 2. The number of hydrogen-bond acceptors (Lipinski definition) is 3. The van der Waals surface area contributed by atoms with Gasteiger partial charge in [0.15, 0.2) is 0 Å². The van der Waals surface area contributed by atoms with Crippen molar-refractivity contribution in [1.29, 1.82) is 0 Å². The Balaban J connectivity index is 1.86. The first-order chi connectivity index (χ1) is 12.6. The van der Waals surface area contributed by atoms with E-state index >= 15 is 0 Å². The van der Waals surface area contributed by atoms with Crippen LogP contribution in [-0.2, 0) is 10.5 Å². The number of carbonyl (C=O) groups is 2. The van der Waals surface area contributed by atoms with Gasteiger partial charge < -0.3 is 10.6 Å². The van der Waals surface area contributed by atoms with E-state index in [-0.39, 0.29) is 11.8 Å². The van der Waals surface area contributed by atoms with Gasteiger partial charge in [-0.15, -0.1) is 11.8 Å². The molecule has 2 amide bonds. The number of halogens is 1. The Bertz CT molecular complexity index is 735. The molecule has 0 aliphatic carbocycles. The van der Waals surface area contributed by atoms with Crippen LogP contribution in [0.15, 0.2) is 53.0 Å². The second-order valence-corrected chi connectivity index (χ2v) is 7.72. The summed E-state index contributed by atoms with van der Waals surface area (Å²) < 4.78 is 1.04. The number of unbranched alkanes of at least 4 members (excludes halogenated alkanes) is 1. The van der Waals surface area contributed by atoms with Crippen LogP contribution in [0.1, 0.15) is 35.7 Å². The minimum atomic E-state index is -0.156. The Morgan fingerprint density at radius 1 is 1.08 bits per heavy atom. The Kier molecular flexibility index (Phi) is 8.71. The van der Waals surface area contributed by atoms with Crippen molar-refractivity contribution in [2.75, 3.05) is 17.6 Å². The largest absolute Gasteiger partial charge is 0.352 e. The summed E-state index contributed by atoms with van der Waals surface area (Å²) in [5.74, 6) is 0.833. The van der Waals surface area contributed by atoms with E-state index in [1.165, 1.54) is 5.56 Å². The molecule has 2 aromatic rings. The molecule has 0 heterocycles. The molecule has 0 saturated heterocycles. The highest BCUT2D eigenvalue weighted by molar-refractivity contribution is 9.10. The van der Waals surface area contributed by atoms with Crippen LogP contribution in [0.2, 0.25) is 0 Å². The first-order valence-electron chi connectivity index (χ1n) is 8.59. The van der Waals surface area contributed by atoms with Gasteiger partial charge in [0.1, 0.15) is 0 Å². The topological polar surface area (TPSA) is 58.2 Å². The molecule has 2 rings (SSSR count). The zero-order valence-electron chi connectivity index (χ0n) is 14.8. The van der Waals surface area contributed by atoms with Gasteiger partial charge in [0.2, 0.25) is 5.91 Å². The molecular formula is C20H23BrN2O2S. The van der Waals surface area contributed by atoms with E-state index < -0.39 is 0 Å². The number of amides is 2. The number of para-hydroxylation sites is 1. The predicted octanol–water partition coefficient (Wildman–Crippen LogP) is 4.85. The molecular weight excluding hydrogens is 412 g/mol. The molecule has 2 aromatic carbocycles. The second kappa shape index (κ2) is 11.0. The van der Waals surface area contributed by atoms with Crippen molar-refractivity contribution in [3.8, 4) is 0 Å². The molecule has 138 valence electrons. The first kappa shape index (κ1) is 20.5. The van der Waals surface area contributed by atoms with E-state index in [4.69, 9.17) is 0 Å². The molecule has 0 bridgehead atoms. The van der Waals surface area contributed by atoms with Gasteiger partial charge in [-0.1, -0.05) is 53.5 Å². The number of benzene rings is 2. The predicted molar refractivity (Wildman–Crippen MR) is 113 cm³/mol. The molecule has 0 atom stereocenters. The van der Waals surface area contributed by atoms with Gasteiger partial charge in [-0.3, -0.25) is 9.59 Å². The summed E-state index contributed by atoms with van der Waals surface area (Å²) in [6, 6.07) is 15.1. The Hall–Kier alpha value is -1.79. The van der Waals surface area contributed by atoms with E-state index in [0.29, 0.717) is 23.5 Å². The number of anilines is 1. The third kappa shape index (κ3) is 6.84. The van der Waals surface area contributed by atoms with Gasteiger partial charge in [0.25, 0.3) is 5.91 Å². The van der Waals surface area contributed by atoms with Crippen molar-refractivity contribution >= 4 is 45.2 Å². The quantitative estimate of drug-likeness (QED) is 0.554. The van der Waals surface area contributed by atoms with Gasteiger partial charge in [-0.2, -0.15) is 0 Å². The van der Waals surface area contributed by atoms with E-state index in [2.05, 4.69) is 33.5 Å². The standard InChI is InChI=1S/C20H23BrN2O2S/c1-2-3-12-22-20(25)17-6-4-5-7-18(17)23-19(24)14-26-13-15-8-10-16(21)11-9-15/h4-11H,2-3,12-14H2,1H3,(H,22,25)(H,23,24). The van der Waals surface area contributed by atoms with Gasteiger partial charge in [0.05, 0.1) is 17.0 Å². The van der Waals surface area contributed by atoms with Gasteiger partial charge in [-0.25, -0.2) is 0 Å². The Morgan fingerprint density at radius 3 is 2.54 bits per heavy atom. The van der Waals surface area contributed by atoms with Crippen molar-refractivity contribution in [2.45, 2.75) is 25.5 Å². The lowest BCUT2D eigenvalue weighted by Gasteiger charge is -2.11. The summed E-state index contributed by atoms with van der Waals surface area (Å²) in [6.45, 7) is 2.72. The van der Waals surface area contributed by atoms with E-state index in [0.717, 1.165) is 23.1 Å². The van der Waals surface area contributed by atoms with Crippen molar-refractivity contribution in [1.82, 2.24) is 5.32 Å². The zero-order valence-corrected chi connectivity index (χ0v) is 17.2. The summed E-state index contributed by atoms with van der Waals surface area (Å²) in [7, 11) is 0. The fourth-order valence-corrected chi connectivity index (χ4v) is 3.34. The third-order valence-electron chi connectivity index (χ3n) is 3.68. The molecule has 0 saturated carbocycles. The van der Waals surface area contributed by atoms with Crippen LogP contribution in [0, 0.1) is 0 Å². The van der Waals surface area contributed by atoms with Gasteiger partial charge in [0, 0.05) is 16.8 Å². The van der Waals surface area contributed by atoms with Gasteiger partial charge in [-0.05, 0) is 36.2 Å². The van der Waals surface area contributed by atoms with Crippen molar-refractivity contribution in [2.24, 2.45) is 0 Å². The summed E-state index contributed by atoms with van der Waals surface area (Å²) in [5, 5.41) is 5.73. The number of rotatable bonds is 9. The summed E-state index contributed by atoms with van der Waals surface area (Å²) in [6.07, 6.45) is 1.96.